The molecule has 0 spiro atoms. The van der Waals surface area contributed by atoms with Crippen LogP contribution < -0.4 is 0 Å². The highest BCUT2D eigenvalue weighted by Gasteiger charge is 2.16. The second kappa shape index (κ2) is 3.82. The Morgan fingerprint density at radius 3 is 2.30 bits per heavy atom. The van der Waals surface area contributed by atoms with E-state index >= 15 is 0 Å². The summed E-state index contributed by atoms with van der Waals surface area (Å²) in [5.74, 6) is -2.37. The minimum Gasteiger partial charge on any atom is -0.481 e. The number of carboxylic acids is 1. The summed E-state index contributed by atoms with van der Waals surface area (Å²) in [6.07, 6.45) is 2.79. The third-order valence-corrected chi connectivity index (χ3v) is 1.13. The lowest BCUT2D eigenvalue weighted by Gasteiger charge is -1.97. The van der Waals surface area contributed by atoms with Gasteiger partial charge in [0.25, 0.3) is 0 Å². The van der Waals surface area contributed by atoms with E-state index in [2.05, 4.69) is 0 Å². The van der Waals surface area contributed by atoms with Crippen LogP contribution in [0.3, 0.4) is 0 Å². The first kappa shape index (κ1) is 8.88. The van der Waals surface area contributed by atoms with Gasteiger partial charge in [-0.2, -0.15) is 0 Å². The topological polar surface area (TPSA) is 54.4 Å². The molecule has 0 saturated heterocycles. The van der Waals surface area contributed by atoms with Crippen molar-refractivity contribution in [2.45, 2.75) is 13.8 Å². The first-order valence-corrected chi connectivity index (χ1v) is 2.99. The number of carbonyl (C=O) groups excluding carboxylic acids is 1. The minimum atomic E-state index is -1.08. The van der Waals surface area contributed by atoms with Crippen molar-refractivity contribution in [3.05, 3.63) is 12.2 Å². The SMILES string of the molecule is CC=CC(=O)C(C)C(=O)O. The number of aliphatic carboxylic acids is 1. The lowest BCUT2D eigenvalue weighted by Crippen LogP contribution is -2.18. The summed E-state index contributed by atoms with van der Waals surface area (Å²) in [5, 5.41) is 8.32. The van der Waals surface area contributed by atoms with Crippen LogP contribution in [0.15, 0.2) is 12.2 Å². The lowest BCUT2D eigenvalue weighted by atomic mass is 10.1. The summed E-state index contributed by atoms with van der Waals surface area (Å²) in [4.78, 5) is 20.9. The van der Waals surface area contributed by atoms with Crippen LogP contribution in [0.25, 0.3) is 0 Å². The molecule has 1 N–H and O–H groups in total. The van der Waals surface area contributed by atoms with Gasteiger partial charge < -0.3 is 5.11 Å². The van der Waals surface area contributed by atoms with E-state index in [0.717, 1.165) is 0 Å². The highest BCUT2D eigenvalue weighted by Crippen LogP contribution is 1.97. The minimum absolute atomic E-state index is 0.366. The van der Waals surface area contributed by atoms with E-state index in [4.69, 9.17) is 5.11 Å². The van der Waals surface area contributed by atoms with Gasteiger partial charge in [-0.3, -0.25) is 9.59 Å². The van der Waals surface area contributed by atoms with Gasteiger partial charge in [0.15, 0.2) is 5.78 Å². The van der Waals surface area contributed by atoms with Crippen molar-refractivity contribution in [1.29, 1.82) is 0 Å². The largest absolute Gasteiger partial charge is 0.481 e. The fraction of sp³-hybridized carbons (Fsp3) is 0.429. The fourth-order valence-corrected chi connectivity index (χ4v) is 0.430. The van der Waals surface area contributed by atoms with Crippen molar-refractivity contribution in [2.75, 3.05) is 0 Å². The molecule has 0 saturated carbocycles. The number of hydrogen-bond donors (Lipinski definition) is 1. The number of ketones is 1. The molecule has 3 nitrogen and oxygen atoms in total. The first-order valence-electron chi connectivity index (χ1n) is 2.99. The highest BCUT2D eigenvalue weighted by molar-refractivity contribution is 6.03. The summed E-state index contributed by atoms with van der Waals surface area (Å²) in [5.41, 5.74) is 0. The Morgan fingerprint density at radius 1 is 1.50 bits per heavy atom. The Hall–Kier alpha value is -1.12. The van der Waals surface area contributed by atoms with Gasteiger partial charge in [0.05, 0.1) is 0 Å². The average Bonchev–Trinajstić information content (AvgIpc) is 1.87. The van der Waals surface area contributed by atoms with Crippen molar-refractivity contribution in [3.8, 4) is 0 Å². The molecule has 0 bridgehead atoms. The molecule has 0 aromatic carbocycles. The van der Waals surface area contributed by atoms with Gasteiger partial charge in [-0.25, -0.2) is 0 Å². The molecule has 0 rings (SSSR count). The maximum Gasteiger partial charge on any atom is 0.314 e. The molecule has 0 aromatic heterocycles. The smallest absolute Gasteiger partial charge is 0.314 e. The van der Waals surface area contributed by atoms with Gasteiger partial charge in [-0.1, -0.05) is 6.08 Å². The van der Waals surface area contributed by atoms with Crippen LogP contribution in [-0.2, 0) is 9.59 Å². The molecular formula is C7H10O3. The zero-order valence-electron chi connectivity index (χ0n) is 6.00. The van der Waals surface area contributed by atoms with E-state index in [-0.39, 0.29) is 5.78 Å². The summed E-state index contributed by atoms with van der Waals surface area (Å²) in [6.45, 7) is 3.04. The predicted octanol–water partition coefficient (Wildman–Crippen LogP) is 0.852. The molecule has 1 atom stereocenters. The van der Waals surface area contributed by atoms with Gasteiger partial charge in [-0.05, 0) is 19.9 Å². The van der Waals surface area contributed by atoms with E-state index in [1.54, 1.807) is 6.92 Å². The van der Waals surface area contributed by atoms with Crippen molar-refractivity contribution >= 4 is 11.8 Å². The van der Waals surface area contributed by atoms with E-state index < -0.39 is 11.9 Å². The number of carbonyl (C=O) groups is 2. The van der Waals surface area contributed by atoms with Crippen LogP contribution in [0.5, 0.6) is 0 Å². The zero-order chi connectivity index (χ0) is 8.15. The summed E-state index contributed by atoms with van der Waals surface area (Å²) in [7, 11) is 0. The van der Waals surface area contributed by atoms with Crippen LogP contribution in [0.4, 0.5) is 0 Å². The van der Waals surface area contributed by atoms with Gasteiger partial charge >= 0.3 is 5.97 Å². The number of rotatable bonds is 3. The van der Waals surface area contributed by atoms with Crippen LogP contribution in [0.2, 0.25) is 0 Å². The predicted molar refractivity (Wildman–Crippen MR) is 36.6 cm³/mol. The van der Waals surface area contributed by atoms with Gasteiger partial charge in [0.2, 0.25) is 0 Å². The van der Waals surface area contributed by atoms with Crippen LogP contribution >= 0.6 is 0 Å². The Labute approximate surface area is 59.4 Å². The molecule has 1 unspecified atom stereocenters. The van der Waals surface area contributed by atoms with Crippen molar-refractivity contribution in [3.63, 3.8) is 0 Å². The van der Waals surface area contributed by atoms with E-state index in [0.29, 0.717) is 0 Å². The Morgan fingerprint density at radius 2 is 2.00 bits per heavy atom. The molecule has 0 radical (unpaired) electrons. The standard InChI is InChI=1S/C7H10O3/c1-3-4-6(8)5(2)7(9)10/h3-5H,1-2H3,(H,9,10). The molecule has 0 aliphatic rings. The quantitative estimate of drug-likeness (QED) is 0.469. The molecular weight excluding hydrogens is 132 g/mol. The molecule has 0 aromatic rings. The van der Waals surface area contributed by atoms with Crippen LogP contribution in [0, 0.1) is 5.92 Å². The van der Waals surface area contributed by atoms with E-state index in [9.17, 15) is 9.59 Å². The molecule has 0 aliphatic heterocycles. The Balaban J connectivity index is 4.08. The first-order chi connectivity index (χ1) is 4.59. The van der Waals surface area contributed by atoms with Crippen LogP contribution in [0.1, 0.15) is 13.8 Å². The number of carboxylic acid groups (broad SMARTS) is 1. The summed E-state index contributed by atoms with van der Waals surface area (Å²) in [6, 6.07) is 0. The molecule has 0 fully saturated rings. The molecule has 56 valence electrons. The van der Waals surface area contributed by atoms with E-state index in [1.165, 1.54) is 19.1 Å². The van der Waals surface area contributed by atoms with Gasteiger partial charge in [0, 0.05) is 0 Å². The normalized spacial score (nSPS) is 13.4. The maximum atomic E-state index is 10.7. The van der Waals surface area contributed by atoms with Gasteiger partial charge in [0.1, 0.15) is 5.92 Å². The number of allylic oxidation sites excluding steroid dienone is 2. The van der Waals surface area contributed by atoms with Gasteiger partial charge in [-0.15, -0.1) is 0 Å². The van der Waals surface area contributed by atoms with Crippen molar-refractivity contribution in [1.82, 2.24) is 0 Å². The summed E-state index contributed by atoms with van der Waals surface area (Å²) >= 11 is 0. The van der Waals surface area contributed by atoms with Crippen molar-refractivity contribution in [2.24, 2.45) is 5.92 Å². The van der Waals surface area contributed by atoms with Crippen molar-refractivity contribution < 1.29 is 14.7 Å². The summed E-state index contributed by atoms with van der Waals surface area (Å²) < 4.78 is 0. The Bertz CT molecular complexity index is 170. The maximum absolute atomic E-state index is 10.7. The molecule has 0 amide bonds. The highest BCUT2D eigenvalue weighted by atomic mass is 16.4. The fourth-order valence-electron chi connectivity index (χ4n) is 0.430. The monoisotopic (exact) mass is 142 g/mol. The van der Waals surface area contributed by atoms with E-state index in [1.807, 2.05) is 0 Å². The third kappa shape index (κ3) is 2.44. The molecule has 0 aliphatic carbocycles. The Kier molecular flexibility index (Phi) is 3.39. The third-order valence-electron chi connectivity index (χ3n) is 1.13. The molecule has 10 heavy (non-hydrogen) atoms. The van der Waals surface area contributed by atoms with Crippen LogP contribution in [-0.4, -0.2) is 16.9 Å². The second-order valence-electron chi connectivity index (χ2n) is 1.96. The average molecular weight is 142 g/mol. The zero-order valence-corrected chi connectivity index (χ0v) is 6.00. The molecule has 0 heterocycles. The number of hydrogen-bond acceptors (Lipinski definition) is 2. The lowest BCUT2D eigenvalue weighted by molar-refractivity contribution is -0.144. The second-order valence-corrected chi connectivity index (χ2v) is 1.96. The molecule has 3 heteroatoms.